The molecular formula is C26H30N4O5. The van der Waals surface area contributed by atoms with Crippen molar-refractivity contribution in [1.82, 2.24) is 20.0 Å². The number of rotatable bonds is 8. The summed E-state index contributed by atoms with van der Waals surface area (Å²) in [6.45, 7) is 1.81. The third-order valence-corrected chi connectivity index (χ3v) is 7.82. The molecular weight excluding hydrogens is 448 g/mol. The molecule has 5 atom stereocenters. The number of imide groups is 1. The van der Waals surface area contributed by atoms with Crippen molar-refractivity contribution in [2.24, 2.45) is 23.7 Å². The lowest BCUT2D eigenvalue weighted by Gasteiger charge is -2.21. The van der Waals surface area contributed by atoms with Gasteiger partial charge >= 0.3 is 0 Å². The van der Waals surface area contributed by atoms with Gasteiger partial charge in [-0.05, 0) is 67.9 Å². The number of benzene rings is 1. The molecule has 184 valence electrons. The average Bonchev–Trinajstić information content (AvgIpc) is 3.55. The molecule has 1 N–H and O–H groups in total. The predicted octanol–water partition coefficient (Wildman–Crippen LogP) is 1.84. The first-order valence-electron chi connectivity index (χ1n) is 12.3. The smallest absolute Gasteiger partial charge is 0.266 e. The summed E-state index contributed by atoms with van der Waals surface area (Å²) in [5.74, 6) is 0.0370. The number of amides is 3. The lowest BCUT2D eigenvalue weighted by molar-refractivity contribution is -0.144. The minimum Gasteiger partial charge on any atom is -0.497 e. The monoisotopic (exact) mass is 478 g/mol. The van der Waals surface area contributed by atoms with Crippen molar-refractivity contribution in [3.8, 4) is 17.0 Å². The second-order valence-electron chi connectivity index (χ2n) is 9.79. The van der Waals surface area contributed by atoms with Gasteiger partial charge in [-0.15, -0.1) is 0 Å². The molecule has 1 aliphatic heterocycles. The SMILES string of the molecule is CC[C@H](Cn1nc(-c2ccc(OC)cc2)ccc1=O)NC(=O)CN1C(=O)[C@H]2[C@H]3CC[C@@H](C3)[C@@H]2C1=O. The Hall–Kier alpha value is -3.49. The second-order valence-corrected chi connectivity index (χ2v) is 9.79. The van der Waals surface area contributed by atoms with Crippen molar-refractivity contribution in [2.45, 2.75) is 45.2 Å². The maximum Gasteiger partial charge on any atom is 0.266 e. The van der Waals surface area contributed by atoms with Gasteiger partial charge in [0.05, 0.1) is 31.2 Å². The summed E-state index contributed by atoms with van der Waals surface area (Å²) in [7, 11) is 1.59. The van der Waals surface area contributed by atoms with Crippen LogP contribution in [0.4, 0.5) is 0 Å². The number of hydrogen-bond acceptors (Lipinski definition) is 6. The molecule has 0 spiro atoms. The van der Waals surface area contributed by atoms with Crippen molar-refractivity contribution < 1.29 is 19.1 Å². The fraction of sp³-hybridized carbons (Fsp3) is 0.500. The lowest BCUT2D eigenvalue weighted by atomic mass is 9.81. The second kappa shape index (κ2) is 9.28. The molecule has 9 heteroatoms. The van der Waals surface area contributed by atoms with E-state index < -0.39 is 5.91 Å². The van der Waals surface area contributed by atoms with Crippen LogP contribution in [-0.4, -0.2) is 52.1 Å². The molecule has 0 radical (unpaired) electrons. The van der Waals surface area contributed by atoms with Crippen molar-refractivity contribution in [1.29, 1.82) is 0 Å². The first kappa shape index (κ1) is 23.3. The van der Waals surface area contributed by atoms with E-state index in [-0.39, 0.29) is 60.2 Å². The third-order valence-electron chi connectivity index (χ3n) is 7.82. The molecule has 2 aliphatic carbocycles. The Balaban J connectivity index is 1.24. The number of carbonyl (C=O) groups excluding carboxylic acids is 3. The highest BCUT2D eigenvalue weighted by atomic mass is 16.5. The molecule has 1 aromatic heterocycles. The summed E-state index contributed by atoms with van der Waals surface area (Å²) < 4.78 is 6.52. The number of carbonyl (C=O) groups is 3. The van der Waals surface area contributed by atoms with Crippen LogP contribution in [0.5, 0.6) is 5.75 Å². The van der Waals surface area contributed by atoms with Gasteiger partial charge in [0.2, 0.25) is 17.7 Å². The Morgan fingerprint density at radius 3 is 2.31 bits per heavy atom. The van der Waals surface area contributed by atoms with Crippen LogP contribution in [0, 0.1) is 23.7 Å². The standard InChI is InChI=1S/C26H30N4O5/c1-3-18(13-30-22(32)11-10-20(28-30)15-6-8-19(35-2)9-7-15)27-21(31)14-29-25(33)23-16-4-5-17(12-16)24(23)26(29)34/h6-11,16-18,23-24H,3-5,12-14H2,1-2H3,(H,27,31)/t16-,17-,18+,23-,24-/m0/s1. The van der Waals surface area contributed by atoms with Crippen molar-refractivity contribution in [3.05, 3.63) is 46.8 Å². The van der Waals surface area contributed by atoms with E-state index in [0.29, 0.717) is 12.1 Å². The Morgan fingerprint density at radius 2 is 1.71 bits per heavy atom. The summed E-state index contributed by atoms with van der Waals surface area (Å²) in [4.78, 5) is 52.2. The molecule has 9 nitrogen and oxygen atoms in total. The van der Waals surface area contributed by atoms with Crippen molar-refractivity contribution >= 4 is 17.7 Å². The Kier molecular flexibility index (Phi) is 6.17. The Bertz CT molecular complexity index is 1180. The average molecular weight is 479 g/mol. The Labute approximate surface area is 203 Å². The zero-order valence-electron chi connectivity index (χ0n) is 20.0. The number of methoxy groups -OCH3 is 1. The van der Waals surface area contributed by atoms with E-state index in [4.69, 9.17) is 4.74 Å². The highest BCUT2D eigenvalue weighted by Gasteiger charge is 2.60. The maximum atomic E-state index is 12.9. The lowest BCUT2D eigenvalue weighted by Crippen LogP contribution is -2.46. The molecule has 5 rings (SSSR count). The fourth-order valence-electron chi connectivity index (χ4n) is 6.02. The summed E-state index contributed by atoms with van der Waals surface area (Å²) in [6, 6.07) is 10.1. The maximum absolute atomic E-state index is 12.9. The van der Waals surface area contributed by atoms with Gasteiger partial charge in [0.15, 0.2) is 0 Å². The van der Waals surface area contributed by atoms with E-state index in [0.717, 1.165) is 35.5 Å². The highest BCUT2D eigenvalue weighted by Crippen LogP contribution is 2.56. The van der Waals surface area contributed by atoms with Gasteiger partial charge in [0, 0.05) is 17.7 Å². The molecule has 3 fully saturated rings. The summed E-state index contributed by atoms with van der Waals surface area (Å²) in [6.07, 6.45) is 3.52. The molecule has 3 aliphatic rings. The van der Waals surface area contributed by atoms with Crippen LogP contribution in [0.2, 0.25) is 0 Å². The van der Waals surface area contributed by atoms with Gasteiger partial charge in [0.1, 0.15) is 12.3 Å². The van der Waals surface area contributed by atoms with Crippen LogP contribution in [0.1, 0.15) is 32.6 Å². The number of likely N-dealkylation sites (tertiary alicyclic amines) is 1. The molecule has 3 amide bonds. The summed E-state index contributed by atoms with van der Waals surface area (Å²) >= 11 is 0. The topological polar surface area (TPSA) is 111 Å². The van der Waals surface area contributed by atoms with Crippen molar-refractivity contribution in [2.75, 3.05) is 13.7 Å². The molecule has 1 saturated heterocycles. The number of aromatic nitrogens is 2. The van der Waals surface area contributed by atoms with Crippen LogP contribution in [0.25, 0.3) is 11.3 Å². The Morgan fingerprint density at radius 1 is 1.06 bits per heavy atom. The fourth-order valence-corrected chi connectivity index (χ4v) is 6.02. The number of nitrogens with zero attached hydrogens (tertiary/aromatic N) is 3. The molecule has 2 bridgehead atoms. The van der Waals surface area contributed by atoms with E-state index in [1.165, 1.54) is 10.7 Å². The van der Waals surface area contributed by atoms with Gasteiger partial charge in [-0.1, -0.05) is 6.92 Å². The highest BCUT2D eigenvalue weighted by molar-refractivity contribution is 6.08. The minimum absolute atomic E-state index is 0.183. The number of ether oxygens (including phenoxy) is 1. The molecule has 2 heterocycles. The van der Waals surface area contributed by atoms with E-state index in [1.54, 1.807) is 13.2 Å². The third kappa shape index (κ3) is 4.24. The molecule has 2 saturated carbocycles. The van der Waals surface area contributed by atoms with Gasteiger partial charge < -0.3 is 10.1 Å². The zero-order chi connectivity index (χ0) is 24.7. The van der Waals surface area contributed by atoms with Gasteiger partial charge in [-0.3, -0.25) is 24.1 Å². The normalized spacial score (nSPS) is 25.6. The molecule has 2 aromatic rings. The summed E-state index contributed by atoms with van der Waals surface area (Å²) in [5, 5.41) is 7.36. The quantitative estimate of drug-likeness (QED) is 0.580. The van der Waals surface area contributed by atoms with Crippen LogP contribution < -0.4 is 15.6 Å². The van der Waals surface area contributed by atoms with Gasteiger partial charge in [-0.25, -0.2) is 4.68 Å². The van der Waals surface area contributed by atoms with Crippen LogP contribution in [0.15, 0.2) is 41.2 Å². The van der Waals surface area contributed by atoms with E-state index in [9.17, 15) is 19.2 Å². The molecule has 35 heavy (non-hydrogen) atoms. The number of fused-ring (bicyclic) bond motifs is 5. The number of nitrogens with one attached hydrogen (secondary N) is 1. The summed E-state index contributed by atoms with van der Waals surface area (Å²) in [5.41, 5.74) is 1.19. The van der Waals surface area contributed by atoms with E-state index in [2.05, 4.69) is 10.4 Å². The number of hydrogen-bond donors (Lipinski definition) is 1. The van der Waals surface area contributed by atoms with Crippen LogP contribution in [-0.2, 0) is 20.9 Å². The van der Waals surface area contributed by atoms with Crippen LogP contribution in [0.3, 0.4) is 0 Å². The largest absolute Gasteiger partial charge is 0.497 e. The first-order valence-corrected chi connectivity index (χ1v) is 12.3. The van der Waals surface area contributed by atoms with E-state index >= 15 is 0 Å². The molecule has 0 unspecified atom stereocenters. The minimum atomic E-state index is -0.398. The molecule has 1 aromatic carbocycles. The van der Waals surface area contributed by atoms with E-state index in [1.807, 2.05) is 31.2 Å². The predicted molar refractivity (Wildman–Crippen MR) is 127 cm³/mol. The van der Waals surface area contributed by atoms with Crippen LogP contribution >= 0.6 is 0 Å². The van der Waals surface area contributed by atoms with Crippen molar-refractivity contribution in [3.63, 3.8) is 0 Å². The van der Waals surface area contributed by atoms with Gasteiger partial charge in [-0.2, -0.15) is 5.10 Å². The van der Waals surface area contributed by atoms with Gasteiger partial charge in [0.25, 0.3) is 5.56 Å². The zero-order valence-corrected chi connectivity index (χ0v) is 20.0. The first-order chi connectivity index (χ1) is 16.9.